The third-order valence-corrected chi connectivity index (χ3v) is 2.06. The van der Waals surface area contributed by atoms with Crippen molar-refractivity contribution in [2.75, 3.05) is 6.61 Å². The number of carboxylic acids is 1. The van der Waals surface area contributed by atoms with Crippen molar-refractivity contribution in [3.8, 4) is 0 Å². The third kappa shape index (κ3) is 3.19. The van der Waals surface area contributed by atoms with Gasteiger partial charge in [0.25, 0.3) is 0 Å². The molecule has 0 aromatic heterocycles. The van der Waals surface area contributed by atoms with Crippen LogP contribution in [-0.4, -0.2) is 34.4 Å². The fraction of sp³-hybridized carbons (Fsp3) is 0.875. The summed E-state index contributed by atoms with van der Waals surface area (Å²) < 4.78 is 0. The minimum atomic E-state index is -0.900. The molecule has 3 N–H and O–H groups in total. The van der Waals surface area contributed by atoms with E-state index in [1.165, 1.54) is 0 Å². The average Bonchev–Trinajstić information content (AvgIpc) is 2.04. The highest BCUT2D eigenvalue weighted by Gasteiger charge is 2.25. The Labute approximate surface area is 72.6 Å². The van der Waals surface area contributed by atoms with Crippen molar-refractivity contribution < 1.29 is 15.0 Å². The van der Waals surface area contributed by atoms with E-state index in [1.807, 2.05) is 6.92 Å². The molecule has 2 unspecified atom stereocenters. The first-order valence-electron chi connectivity index (χ1n) is 4.06. The lowest BCUT2D eigenvalue weighted by Crippen LogP contribution is -2.52. The van der Waals surface area contributed by atoms with Gasteiger partial charge in [-0.1, -0.05) is 6.92 Å². The first-order chi connectivity index (χ1) is 5.45. The molecule has 0 aromatic rings. The van der Waals surface area contributed by atoms with Crippen LogP contribution >= 0.6 is 0 Å². The second kappa shape index (κ2) is 4.42. The van der Waals surface area contributed by atoms with Crippen LogP contribution < -0.4 is 5.32 Å². The molecule has 0 aliphatic heterocycles. The predicted molar refractivity (Wildman–Crippen MR) is 46.0 cm³/mol. The summed E-state index contributed by atoms with van der Waals surface area (Å²) in [6, 6.07) is -0.623. The molecule has 2 atom stereocenters. The molecule has 4 heteroatoms. The monoisotopic (exact) mass is 175 g/mol. The Morgan fingerprint density at radius 2 is 2.17 bits per heavy atom. The van der Waals surface area contributed by atoms with E-state index in [9.17, 15) is 4.79 Å². The lowest BCUT2D eigenvalue weighted by Gasteiger charge is -2.29. The third-order valence-electron chi connectivity index (χ3n) is 2.06. The molecule has 0 aliphatic carbocycles. The minimum Gasteiger partial charge on any atom is -0.480 e. The molecule has 4 nitrogen and oxygen atoms in total. The molecule has 0 bridgehead atoms. The van der Waals surface area contributed by atoms with Gasteiger partial charge >= 0.3 is 5.97 Å². The predicted octanol–water partition coefficient (Wildman–Crippen LogP) is 0.210. The van der Waals surface area contributed by atoms with Crippen molar-refractivity contribution in [2.45, 2.75) is 38.8 Å². The summed E-state index contributed by atoms with van der Waals surface area (Å²) in [5.74, 6) is -0.900. The maximum Gasteiger partial charge on any atom is 0.320 e. The second-order valence-corrected chi connectivity index (χ2v) is 3.28. The zero-order chi connectivity index (χ0) is 9.78. The number of aliphatic hydroxyl groups is 1. The molecule has 0 radical (unpaired) electrons. The summed E-state index contributed by atoms with van der Waals surface area (Å²) >= 11 is 0. The van der Waals surface area contributed by atoms with Crippen LogP contribution in [0.3, 0.4) is 0 Å². The largest absolute Gasteiger partial charge is 0.480 e. The Bertz CT molecular complexity index is 154. The topological polar surface area (TPSA) is 69.6 Å². The van der Waals surface area contributed by atoms with Gasteiger partial charge in [-0.2, -0.15) is 0 Å². The summed E-state index contributed by atoms with van der Waals surface area (Å²) in [7, 11) is 0. The van der Waals surface area contributed by atoms with E-state index in [-0.39, 0.29) is 6.61 Å². The Morgan fingerprint density at radius 3 is 2.42 bits per heavy atom. The number of aliphatic hydroxyl groups excluding tert-OH is 1. The van der Waals surface area contributed by atoms with Crippen LogP contribution in [-0.2, 0) is 4.79 Å². The number of nitrogens with one attached hydrogen (secondary N) is 1. The van der Waals surface area contributed by atoms with Crippen LogP contribution in [0, 0.1) is 0 Å². The van der Waals surface area contributed by atoms with Crippen LogP contribution in [0.2, 0.25) is 0 Å². The lowest BCUT2D eigenvalue weighted by atomic mass is 9.99. The van der Waals surface area contributed by atoms with Crippen molar-refractivity contribution in [2.24, 2.45) is 0 Å². The average molecular weight is 175 g/mol. The highest BCUT2D eigenvalue weighted by molar-refractivity contribution is 5.72. The lowest BCUT2D eigenvalue weighted by molar-refractivity contribution is -0.139. The summed E-state index contributed by atoms with van der Waals surface area (Å²) in [6.07, 6.45) is 0.696. The molecule has 72 valence electrons. The molecule has 12 heavy (non-hydrogen) atoms. The molecule has 0 rings (SSSR count). The van der Waals surface area contributed by atoms with Crippen LogP contribution in [0.1, 0.15) is 27.2 Å². The van der Waals surface area contributed by atoms with Gasteiger partial charge in [0.15, 0.2) is 0 Å². The van der Waals surface area contributed by atoms with E-state index >= 15 is 0 Å². The van der Waals surface area contributed by atoms with E-state index in [4.69, 9.17) is 10.2 Å². The first kappa shape index (κ1) is 11.4. The van der Waals surface area contributed by atoms with Crippen molar-refractivity contribution >= 4 is 5.97 Å². The SMILES string of the molecule is CCC(C)(CO)NC(C)C(=O)O. The zero-order valence-electron chi connectivity index (χ0n) is 7.79. The molecule has 0 saturated heterocycles. The Morgan fingerprint density at radius 1 is 1.67 bits per heavy atom. The van der Waals surface area contributed by atoms with Crippen molar-refractivity contribution in [3.05, 3.63) is 0 Å². The molecule has 0 amide bonds. The second-order valence-electron chi connectivity index (χ2n) is 3.28. The van der Waals surface area contributed by atoms with Gasteiger partial charge in [-0.15, -0.1) is 0 Å². The normalized spacial score (nSPS) is 18.3. The van der Waals surface area contributed by atoms with E-state index < -0.39 is 17.6 Å². The molecule has 0 saturated carbocycles. The van der Waals surface area contributed by atoms with E-state index in [1.54, 1.807) is 13.8 Å². The summed E-state index contributed by atoms with van der Waals surface area (Å²) in [5.41, 5.74) is -0.488. The Hall–Kier alpha value is -0.610. The Kier molecular flexibility index (Phi) is 4.20. The van der Waals surface area contributed by atoms with E-state index in [0.717, 1.165) is 0 Å². The zero-order valence-corrected chi connectivity index (χ0v) is 7.79. The van der Waals surface area contributed by atoms with Gasteiger partial charge in [0, 0.05) is 5.54 Å². The quantitative estimate of drug-likeness (QED) is 0.558. The molecule has 0 heterocycles. The van der Waals surface area contributed by atoms with Crippen molar-refractivity contribution in [1.82, 2.24) is 5.32 Å². The van der Waals surface area contributed by atoms with Crippen molar-refractivity contribution in [1.29, 1.82) is 0 Å². The number of aliphatic carboxylic acids is 1. The van der Waals surface area contributed by atoms with Crippen LogP contribution in [0.15, 0.2) is 0 Å². The number of carboxylic acid groups (broad SMARTS) is 1. The number of hydrogen-bond donors (Lipinski definition) is 3. The van der Waals surface area contributed by atoms with Crippen molar-refractivity contribution in [3.63, 3.8) is 0 Å². The standard InChI is InChI=1S/C8H17NO3/c1-4-8(3,5-10)9-6(2)7(11)12/h6,9-10H,4-5H2,1-3H3,(H,11,12). The highest BCUT2D eigenvalue weighted by atomic mass is 16.4. The van der Waals surface area contributed by atoms with Crippen LogP contribution in [0.4, 0.5) is 0 Å². The van der Waals surface area contributed by atoms with Gasteiger partial charge in [-0.05, 0) is 20.3 Å². The van der Waals surface area contributed by atoms with Gasteiger partial charge in [-0.3, -0.25) is 10.1 Å². The fourth-order valence-corrected chi connectivity index (χ4v) is 0.844. The van der Waals surface area contributed by atoms with Gasteiger partial charge in [0.1, 0.15) is 6.04 Å². The number of carbonyl (C=O) groups is 1. The number of hydrogen-bond acceptors (Lipinski definition) is 3. The number of rotatable bonds is 5. The minimum absolute atomic E-state index is 0.0544. The summed E-state index contributed by atoms with van der Waals surface area (Å²) in [6.45, 7) is 5.21. The smallest absolute Gasteiger partial charge is 0.320 e. The van der Waals surface area contributed by atoms with E-state index in [0.29, 0.717) is 6.42 Å². The Balaban J connectivity index is 4.11. The molecule has 0 aromatic carbocycles. The first-order valence-corrected chi connectivity index (χ1v) is 4.06. The molecule has 0 fully saturated rings. The molecule has 0 spiro atoms. The van der Waals surface area contributed by atoms with Gasteiger partial charge in [0.2, 0.25) is 0 Å². The maximum absolute atomic E-state index is 10.5. The van der Waals surface area contributed by atoms with Gasteiger partial charge in [0.05, 0.1) is 6.61 Å². The van der Waals surface area contributed by atoms with E-state index in [2.05, 4.69) is 5.32 Å². The van der Waals surface area contributed by atoms with Gasteiger partial charge in [-0.25, -0.2) is 0 Å². The molecular formula is C8H17NO3. The van der Waals surface area contributed by atoms with Crippen LogP contribution in [0.5, 0.6) is 0 Å². The molecule has 0 aliphatic rings. The summed E-state index contributed by atoms with van der Waals surface area (Å²) in [5, 5.41) is 20.4. The molecular weight excluding hydrogens is 158 g/mol. The van der Waals surface area contributed by atoms with Gasteiger partial charge < -0.3 is 10.2 Å². The van der Waals surface area contributed by atoms with Crippen LogP contribution in [0.25, 0.3) is 0 Å². The fourth-order valence-electron chi connectivity index (χ4n) is 0.844. The maximum atomic E-state index is 10.5. The highest BCUT2D eigenvalue weighted by Crippen LogP contribution is 2.08. The summed E-state index contributed by atoms with van der Waals surface area (Å²) in [4.78, 5) is 10.5.